The third-order valence-electron chi connectivity index (χ3n) is 2.82. The molecule has 1 unspecified atom stereocenters. The first kappa shape index (κ1) is 14.7. The lowest BCUT2D eigenvalue weighted by Crippen LogP contribution is -2.45. The maximum atomic E-state index is 12.0. The molecule has 2 heterocycles. The molecule has 0 fully saturated rings. The van der Waals surface area contributed by atoms with Gasteiger partial charge in [-0.3, -0.25) is 0 Å². The van der Waals surface area contributed by atoms with E-state index in [0.717, 1.165) is 16.0 Å². The minimum Gasteiger partial charge on any atom is -0.490 e. The summed E-state index contributed by atoms with van der Waals surface area (Å²) in [4.78, 5) is 14.8. The van der Waals surface area contributed by atoms with Crippen LogP contribution in [0.5, 0.6) is 5.75 Å². The Morgan fingerprint density at radius 3 is 2.89 bits per heavy atom. The van der Waals surface area contributed by atoms with Crippen LogP contribution >= 0.6 is 27.3 Å². The van der Waals surface area contributed by atoms with Crippen LogP contribution < -0.4 is 4.74 Å². The van der Waals surface area contributed by atoms with Crippen molar-refractivity contribution in [1.82, 2.24) is 4.90 Å². The summed E-state index contributed by atoms with van der Waals surface area (Å²) in [6.07, 6.45) is 0.501. The maximum absolute atomic E-state index is 12.0. The standard InChI is InChI=1S/C13H18BrNO3S/c1-13(2,3)18-12(16)15(4)8-5-10-9(17-7-8)6-11(14)19-10/h6,8H,5,7H2,1-4H3. The second kappa shape index (κ2) is 5.32. The number of halogens is 1. The topological polar surface area (TPSA) is 38.8 Å². The zero-order valence-corrected chi connectivity index (χ0v) is 13.9. The number of thiophene rings is 1. The summed E-state index contributed by atoms with van der Waals surface area (Å²) in [5.74, 6) is 0.922. The average molecular weight is 348 g/mol. The molecule has 1 aliphatic rings. The number of carbonyl (C=O) groups excluding carboxylic acids is 1. The normalized spacial score (nSPS) is 18.5. The van der Waals surface area contributed by atoms with Gasteiger partial charge < -0.3 is 14.4 Å². The van der Waals surface area contributed by atoms with Gasteiger partial charge in [-0.15, -0.1) is 11.3 Å². The summed E-state index contributed by atoms with van der Waals surface area (Å²) in [5.41, 5.74) is -0.474. The number of nitrogens with zero attached hydrogens (tertiary/aromatic N) is 1. The molecule has 0 N–H and O–H groups in total. The molecule has 0 aromatic carbocycles. The fourth-order valence-corrected chi connectivity index (χ4v) is 3.53. The lowest BCUT2D eigenvalue weighted by Gasteiger charge is -2.32. The van der Waals surface area contributed by atoms with E-state index in [1.54, 1.807) is 23.3 Å². The van der Waals surface area contributed by atoms with Gasteiger partial charge in [0.1, 0.15) is 18.0 Å². The quantitative estimate of drug-likeness (QED) is 0.777. The number of fused-ring (bicyclic) bond motifs is 1. The van der Waals surface area contributed by atoms with Crippen molar-refractivity contribution in [3.8, 4) is 5.75 Å². The van der Waals surface area contributed by atoms with Gasteiger partial charge in [-0.25, -0.2) is 4.79 Å². The van der Waals surface area contributed by atoms with Gasteiger partial charge in [0, 0.05) is 24.4 Å². The Bertz CT molecular complexity index is 481. The molecule has 19 heavy (non-hydrogen) atoms. The summed E-state index contributed by atoms with van der Waals surface area (Å²) in [6.45, 7) is 6.10. The van der Waals surface area contributed by atoms with Crippen molar-refractivity contribution in [2.24, 2.45) is 0 Å². The van der Waals surface area contributed by atoms with E-state index in [9.17, 15) is 4.79 Å². The zero-order valence-electron chi connectivity index (χ0n) is 11.5. The lowest BCUT2D eigenvalue weighted by molar-refractivity contribution is 0.0161. The van der Waals surface area contributed by atoms with Crippen molar-refractivity contribution >= 4 is 33.4 Å². The number of carbonyl (C=O) groups is 1. The second-order valence-corrected chi connectivity index (χ2v) is 8.11. The van der Waals surface area contributed by atoms with Gasteiger partial charge in [-0.1, -0.05) is 0 Å². The Hall–Kier alpha value is -0.750. The van der Waals surface area contributed by atoms with E-state index < -0.39 is 5.60 Å². The highest BCUT2D eigenvalue weighted by molar-refractivity contribution is 9.11. The smallest absolute Gasteiger partial charge is 0.410 e. The molecule has 0 spiro atoms. The summed E-state index contributed by atoms with van der Waals surface area (Å²) in [5, 5.41) is 0. The van der Waals surface area contributed by atoms with Crippen LogP contribution in [0.25, 0.3) is 0 Å². The molecule has 1 atom stereocenters. The van der Waals surface area contributed by atoms with Gasteiger partial charge in [0.2, 0.25) is 0 Å². The maximum Gasteiger partial charge on any atom is 0.410 e. The lowest BCUT2D eigenvalue weighted by atomic mass is 10.1. The monoisotopic (exact) mass is 347 g/mol. The molecule has 0 saturated heterocycles. The Kier molecular flexibility index (Phi) is 4.11. The zero-order chi connectivity index (χ0) is 14.2. The summed E-state index contributed by atoms with van der Waals surface area (Å²) in [7, 11) is 1.76. The number of amides is 1. The van der Waals surface area contributed by atoms with Crippen molar-refractivity contribution in [1.29, 1.82) is 0 Å². The van der Waals surface area contributed by atoms with E-state index in [0.29, 0.717) is 6.61 Å². The molecule has 4 nitrogen and oxygen atoms in total. The van der Waals surface area contributed by atoms with Crippen LogP contribution in [0.2, 0.25) is 0 Å². The molecule has 1 aromatic rings. The first-order valence-corrected chi connectivity index (χ1v) is 7.74. The van der Waals surface area contributed by atoms with Crippen molar-refractivity contribution in [3.63, 3.8) is 0 Å². The molecule has 1 amide bonds. The van der Waals surface area contributed by atoms with Crippen LogP contribution in [0.3, 0.4) is 0 Å². The molecule has 1 aromatic heterocycles. The van der Waals surface area contributed by atoms with Crippen molar-refractivity contribution in [3.05, 3.63) is 14.7 Å². The van der Waals surface area contributed by atoms with Crippen molar-refractivity contribution in [2.45, 2.75) is 38.8 Å². The third-order valence-corrected chi connectivity index (χ3v) is 4.46. The fourth-order valence-electron chi connectivity index (χ4n) is 1.84. The number of likely N-dealkylation sites (N-methyl/N-ethyl adjacent to an activating group) is 1. The molecule has 1 aliphatic heterocycles. The van der Waals surface area contributed by atoms with Gasteiger partial charge in [0.25, 0.3) is 0 Å². The SMILES string of the molecule is CN(C(=O)OC(C)(C)C)C1COc2cc(Br)sc2C1. The Morgan fingerprint density at radius 2 is 2.26 bits per heavy atom. The van der Waals surface area contributed by atoms with Crippen LogP contribution in [0, 0.1) is 0 Å². The minimum absolute atomic E-state index is 0.0212. The fraction of sp³-hybridized carbons (Fsp3) is 0.615. The van der Waals surface area contributed by atoms with Gasteiger partial charge in [0.05, 0.1) is 9.83 Å². The van der Waals surface area contributed by atoms with Gasteiger partial charge in [0.15, 0.2) is 0 Å². The second-order valence-electron chi connectivity index (χ2n) is 5.60. The number of rotatable bonds is 1. The van der Waals surface area contributed by atoms with Crippen LogP contribution in [-0.4, -0.2) is 36.3 Å². The van der Waals surface area contributed by atoms with Crippen LogP contribution in [0.4, 0.5) is 4.79 Å². The highest BCUT2D eigenvalue weighted by Crippen LogP contribution is 2.37. The Morgan fingerprint density at radius 1 is 1.58 bits per heavy atom. The molecule has 0 radical (unpaired) electrons. The highest BCUT2D eigenvalue weighted by atomic mass is 79.9. The number of hydrogen-bond acceptors (Lipinski definition) is 4. The Balaban J connectivity index is 2.02. The molecule has 2 rings (SSSR count). The molecule has 106 valence electrons. The van der Waals surface area contributed by atoms with E-state index in [-0.39, 0.29) is 12.1 Å². The summed E-state index contributed by atoms with van der Waals surface area (Å²) < 4.78 is 12.1. The molecule has 0 aliphatic carbocycles. The van der Waals surface area contributed by atoms with E-state index in [2.05, 4.69) is 15.9 Å². The van der Waals surface area contributed by atoms with Crippen LogP contribution in [0.1, 0.15) is 25.6 Å². The van der Waals surface area contributed by atoms with E-state index in [1.165, 1.54) is 4.88 Å². The predicted molar refractivity (Wildman–Crippen MR) is 79.0 cm³/mol. The van der Waals surface area contributed by atoms with Crippen molar-refractivity contribution in [2.75, 3.05) is 13.7 Å². The average Bonchev–Trinajstić information content (AvgIpc) is 2.64. The first-order valence-electron chi connectivity index (χ1n) is 6.13. The first-order chi connectivity index (χ1) is 8.76. The van der Waals surface area contributed by atoms with Gasteiger partial charge >= 0.3 is 6.09 Å². The van der Waals surface area contributed by atoms with E-state index in [4.69, 9.17) is 9.47 Å². The largest absolute Gasteiger partial charge is 0.490 e. The van der Waals surface area contributed by atoms with Crippen LogP contribution in [-0.2, 0) is 11.2 Å². The highest BCUT2D eigenvalue weighted by Gasteiger charge is 2.30. The van der Waals surface area contributed by atoms with Crippen LogP contribution in [0.15, 0.2) is 9.85 Å². The van der Waals surface area contributed by atoms with Gasteiger partial charge in [-0.05, 0) is 36.7 Å². The molecular formula is C13H18BrNO3S. The molecular weight excluding hydrogens is 330 g/mol. The van der Waals surface area contributed by atoms with Gasteiger partial charge in [-0.2, -0.15) is 0 Å². The molecule has 0 bridgehead atoms. The third kappa shape index (κ3) is 3.63. The summed E-state index contributed by atoms with van der Waals surface area (Å²) >= 11 is 5.10. The molecule has 0 saturated carbocycles. The number of ether oxygens (including phenoxy) is 2. The molecule has 6 heteroatoms. The van der Waals surface area contributed by atoms with E-state index >= 15 is 0 Å². The van der Waals surface area contributed by atoms with Crippen molar-refractivity contribution < 1.29 is 14.3 Å². The minimum atomic E-state index is -0.474. The summed E-state index contributed by atoms with van der Waals surface area (Å²) in [6, 6.07) is 2.00. The predicted octanol–water partition coefficient (Wildman–Crippen LogP) is 3.68. The number of hydrogen-bond donors (Lipinski definition) is 0. The Labute approximate surface area is 125 Å². The van der Waals surface area contributed by atoms with E-state index in [1.807, 2.05) is 26.8 Å².